The van der Waals surface area contributed by atoms with E-state index < -0.39 is 0 Å². The Morgan fingerprint density at radius 1 is 1.82 bits per heavy atom. The molecule has 1 radical (unpaired) electrons. The maximum atomic E-state index is 10.8. The highest BCUT2D eigenvalue weighted by Crippen LogP contribution is 1.86. The first-order valence-corrected chi connectivity index (χ1v) is 3.37. The van der Waals surface area contributed by atoms with Gasteiger partial charge in [-0.3, -0.25) is 9.48 Å². The molecule has 0 atom stereocenters. The number of rotatable bonds is 3. The molecule has 59 valence electrons. The van der Waals surface area contributed by atoms with Crippen molar-refractivity contribution in [1.29, 1.82) is 0 Å². The molecule has 0 saturated heterocycles. The van der Waals surface area contributed by atoms with E-state index in [0.29, 0.717) is 6.61 Å². The molecule has 4 heteroatoms. The second-order valence-electron chi connectivity index (χ2n) is 1.94. The molecule has 0 bridgehead atoms. The molecule has 0 unspecified atom stereocenters. The number of esters is 1. The lowest BCUT2D eigenvalue weighted by Crippen LogP contribution is -2.13. The monoisotopic (exact) mass is 153 g/mol. The first-order chi connectivity index (χ1) is 5.33. The second-order valence-corrected chi connectivity index (χ2v) is 1.94. The Kier molecular flexibility index (Phi) is 2.66. The van der Waals surface area contributed by atoms with Crippen LogP contribution in [-0.2, 0) is 16.1 Å². The molecule has 0 saturated carbocycles. The Hall–Kier alpha value is -1.32. The first-order valence-electron chi connectivity index (χ1n) is 3.37. The summed E-state index contributed by atoms with van der Waals surface area (Å²) in [5.41, 5.74) is 0. The molecule has 1 aromatic heterocycles. The van der Waals surface area contributed by atoms with E-state index >= 15 is 0 Å². The number of carbonyl (C=O) groups excluding carboxylic acids is 1. The maximum absolute atomic E-state index is 10.8. The van der Waals surface area contributed by atoms with Gasteiger partial charge in [-0.2, -0.15) is 5.10 Å². The van der Waals surface area contributed by atoms with Crippen molar-refractivity contribution in [1.82, 2.24) is 9.78 Å². The third-order valence-electron chi connectivity index (χ3n) is 1.10. The van der Waals surface area contributed by atoms with Crippen LogP contribution in [0.3, 0.4) is 0 Å². The third kappa shape index (κ3) is 2.41. The lowest BCUT2D eigenvalue weighted by molar-refractivity contribution is -0.144. The predicted molar refractivity (Wildman–Crippen MR) is 37.7 cm³/mol. The molecule has 1 heterocycles. The fourth-order valence-electron chi connectivity index (χ4n) is 0.686. The fraction of sp³-hybridized carbons (Fsp3) is 0.429. The van der Waals surface area contributed by atoms with E-state index in [-0.39, 0.29) is 12.5 Å². The van der Waals surface area contributed by atoms with Crippen molar-refractivity contribution in [3.63, 3.8) is 0 Å². The Balaban J connectivity index is 2.37. The van der Waals surface area contributed by atoms with Crippen LogP contribution < -0.4 is 0 Å². The number of nitrogens with zero attached hydrogens (tertiary/aromatic N) is 2. The van der Waals surface area contributed by atoms with Crippen molar-refractivity contribution in [3.05, 3.63) is 18.5 Å². The lowest BCUT2D eigenvalue weighted by atomic mass is 10.6. The SMILES string of the molecule is CCOC(=O)Cn1c[c]cn1. The van der Waals surface area contributed by atoms with Gasteiger partial charge in [0.2, 0.25) is 0 Å². The highest BCUT2D eigenvalue weighted by atomic mass is 16.5. The van der Waals surface area contributed by atoms with Gasteiger partial charge in [0.25, 0.3) is 0 Å². The largest absolute Gasteiger partial charge is 0.465 e. The van der Waals surface area contributed by atoms with Crippen molar-refractivity contribution in [2.75, 3.05) is 6.61 Å². The summed E-state index contributed by atoms with van der Waals surface area (Å²) in [6, 6.07) is 2.72. The Morgan fingerprint density at radius 2 is 2.64 bits per heavy atom. The van der Waals surface area contributed by atoms with Crippen LogP contribution in [0.4, 0.5) is 0 Å². The van der Waals surface area contributed by atoms with Gasteiger partial charge in [-0.05, 0) is 6.92 Å². The highest BCUT2D eigenvalue weighted by Gasteiger charge is 2.01. The fourth-order valence-corrected chi connectivity index (χ4v) is 0.686. The summed E-state index contributed by atoms with van der Waals surface area (Å²) in [5.74, 6) is -0.274. The zero-order chi connectivity index (χ0) is 8.10. The van der Waals surface area contributed by atoms with Crippen LogP contribution in [0.5, 0.6) is 0 Å². The Bertz CT molecular complexity index is 218. The van der Waals surface area contributed by atoms with Crippen molar-refractivity contribution in [2.45, 2.75) is 13.5 Å². The molecule has 1 rings (SSSR count). The van der Waals surface area contributed by atoms with Gasteiger partial charge < -0.3 is 4.74 Å². The van der Waals surface area contributed by atoms with Crippen LogP contribution >= 0.6 is 0 Å². The van der Waals surface area contributed by atoms with Gasteiger partial charge in [0.1, 0.15) is 6.54 Å². The van der Waals surface area contributed by atoms with Gasteiger partial charge in [0, 0.05) is 12.3 Å². The molecule has 11 heavy (non-hydrogen) atoms. The number of ether oxygens (including phenoxy) is 1. The molecule has 4 nitrogen and oxygen atoms in total. The van der Waals surface area contributed by atoms with Crippen LogP contribution in [0, 0.1) is 6.07 Å². The van der Waals surface area contributed by atoms with Crippen LogP contribution in [0.2, 0.25) is 0 Å². The number of hydrogen-bond acceptors (Lipinski definition) is 3. The quantitative estimate of drug-likeness (QED) is 0.584. The summed E-state index contributed by atoms with van der Waals surface area (Å²) >= 11 is 0. The molecule has 0 N–H and O–H groups in total. The summed E-state index contributed by atoms with van der Waals surface area (Å²) in [5, 5.41) is 3.80. The van der Waals surface area contributed by atoms with Gasteiger partial charge in [0.05, 0.1) is 12.8 Å². The van der Waals surface area contributed by atoms with Crippen LogP contribution in [-0.4, -0.2) is 22.4 Å². The van der Waals surface area contributed by atoms with Crippen molar-refractivity contribution in [2.24, 2.45) is 0 Å². The topological polar surface area (TPSA) is 44.1 Å². The number of carbonyl (C=O) groups is 1. The van der Waals surface area contributed by atoms with Gasteiger partial charge in [-0.1, -0.05) is 0 Å². The average molecular weight is 153 g/mol. The number of aromatic nitrogens is 2. The van der Waals surface area contributed by atoms with E-state index in [1.54, 1.807) is 13.1 Å². The molecule has 0 amide bonds. The van der Waals surface area contributed by atoms with Crippen molar-refractivity contribution < 1.29 is 9.53 Å². The van der Waals surface area contributed by atoms with Crippen molar-refractivity contribution in [3.8, 4) is 0 Å². The number of hydrogen-bond donors (Lipinski definition) is 0. The summed E-state index contributed by atoms with van der Waals surface area (Å²) in [6.07, 6.45) is 3.09. The van der Waals surface area contributed by atoms with E-state index in [0.717, 1.165) is 0 Å². The summed E-state index contributed by atoms with van der Waals surface area (Å²) in [7, 11) is 0. The predicted octanol–water partition coefficient (Wildman–Crippen LogP) is 0.246. The molecule has 0 aromatic carbocycles. The Labute approximate surface area is 64.8 Å². The normalized spacial score (nSPS) is 9.55. The first kappa shape index (κ1) is 7.78. The van der Waals surface area contributed by atoms with Gasteiger partial charge in [0.15, 0.2) is 0 Å². The zero-order valence-electron chi connectivity index (χ0n) is 6.28. The molecule has 0 spiro atoms. The van der Waals surface area contributed by atoms with Crippen LogP contribution in [0.1, 0.15) is 6.92 Å². The van der Waals surface area contributed by atoms with Crippen molar-refractivity contribution >= 4 is 5.97 Å². The summed E-state index contributed by atoms with van der Waals surface area (Å²) in [6.45, 7) is 2.34. The summed E-state index contributed by atoms with van der Waals surface area (Å²) in [4.78, 5) is 10.8. The molecule has 0 aliphatic carbocycles. The van der Waals surface area contributed by atoms with Gasteiger partial charge in [-0.15, -0.1) is 0 Å². The lowest BCUT2D eigenvalue weighted by Gasteiger charge is -2.00. The molecular weight excluding hydrogens is 144 g/mol. The summed E-state index contributed by atoms with van der Waals surface area (Å²) < 4.78 is 6.17. The van der Waals surface area contributed by atoms with Gasteiger partial charge >= 0.3 is 5.97 Å². The van der Waals surface area contributed by atoms with Gasteiger partial charge in [-0.25, -0.2) is 0 Å². The van der Waals surface area contributed by atoms with E-state index in [2.05, 4.69) is 11.2 Å². The van der Waals surface area contributed by atoms with E-state index in [4.69, 9.17) is 4.74 Å². The van der Waals surface area contributed by atoms with Crippen LogP contribution in [0.25, 0.3) is 0 Å². The molecule has 0 fully saturated rings. The van der Waals surface area contributed by atoms with Crippen LogP contribution in [0.15, 0.2) is 12.4 Å². The van der Waals surface area contributed by atoms with E-state index in [9.17, 15) is 4.79 Å². The van der Waals surface area contributed by atoms with E-state index in [1.165, 1.54) is 10.9 Å². The van der Waals surface area contributed by atoms with E-state index in [1.807, 2.05) is 0 Å². The zero-order valence-corrected chi connectivity index (χ0v) is 6.28. The second kappa shape index (κ2) is 3.75. The minimum absolute atomic E-state index is 0.164. The molecule has 0 aliphatic heterocycles. The highest BCUT2D eigenvalue weighted by molar-refractivity contribution is 5.68. The Morgan fingerprint density at radius 3 is 3.18 bits per heavy atom. The third-order valence-corrected chi connectivity index (χ3v) is 1.10. The molecular formula is C7H9N2O2. The average Bonchev–Trinajstić information content (AvgIpc) is 2.40. The smallest absolute Gasteiger partial charge is 0.327 e. The maximum Gasteiger partial charge on any atom is 0.327 e. The molecule has 0 aliphatic rings. The minimum atomic E-state index is -0.274. The molecule has 1 aromatic rings. The minimum Gasteiger partial charge on any atom is -0.465 e. The standard InChI is InChI=1S/C7H9N2O2/c1-2-11-7(10)6-9-5-3-4-8-9/h4-5H,2,6H2,1H3.